The lowest BCUT2D eigenvalue weighted by atomic mass is 10.0. The topological polar surface area (TPSA) is 100 Å². The van der Waals surface area contributed by atoms with E-state index in [-0.39, 0.29) is 37.7 Å². The van der Waals surface area contributed by atoms with Crippen LogP contribution in [-0.2, 0) is 33.3 Å². The molecule has 0 aromatic heterocycles. The van der Waals surface area contributed by atoms with Crippen LogP contribution in [0.5, 0.6) is 0 Å². The smallest absolute Gasteiger partial charge is 0.305 e. The molecule has 0 aliphatic rings. The van der Waals surface area contributed by atoms with E-state index in [1.54, 1.807) is 21.0 Å². The Morgan fingerprint density at radius 2 is 0.750 bits per heavy atom. The SMILES string of the molecule is CCCCCCCCCCCCCCCCCC(=O)OCC(COC(=O)CCCCCCCCCCCCCCCCC)NC(=O)C(C)(C)OCC(C)(C)OC. The molecular weight excluding hydrogens is 703 g/mol. The van der Waals surface area contributed by atoms with E-state index in [1.165, 1.54) is 154 Å². The molecule has 0 bridgehead atoms. The fourth-order valence-corrected chi connectivity index (χ4v) is 6.78. The van der Waals surface area contributed by atoms with Crippen molar-refractivity contribution in [3.8, 4) is 0 Å². The van der Waals surface area contributed by atoms with E-state index >= 15 is 0 Å². The highest BCUT2D eigenvalue weighted by Gasteiger charge is 2.33. The molecule has 0 atom stereocenters. The number of nitrogens with one attached hydrogen (secondary N) is 1. The molecule has 8 heteroatoms. The van der Waals surface area contributed by atoms with E-state index in [0.29, 0.717) is 12.8 Å². The van der Waals surface area contributed by atoms with Crippen molar-refractivity contribution in [3.05, 3.63) is 0 Å². The molecule has 0 aromatic carbocycles. The number of carbonyl (C=O) groups excluding carboxylic acids is 3. The predicted octanol–water partition coefficient (Wildman–Crippen LogP) is 13.3. The van der Waals surface area contributed by atoms with E-state index < -0.39 is 17.2 Å². The minimum absolute atomic E-state index is 0.0603. The first kappa shape index (κ1) is 54.3. The van der Waals surface area contributed by atoms with Gasteiger partial charge in [-0.2, -0.15) is 0 Å². The first-order valence-corrected chi connectivity index (χ1v) is 23.8. The summed E-state index contributed by atoms with van der Waals surface area (Å²) in [5.41, 5.74) is -1.72. The van der Waals surface area contributed by atoms with E-state index in [4.69, 9.17) is 18.9 Å². The summed E-state index contributed by atoms with van der Waals surface area (Å²) in [6, 6.07) is -0.671. The van der Waals surface area contributed by atoms with E-state index in [2.05, 4.69) is 19.2 Å². The van der Waals surface area contributed by atoms with Gasteiger partial charge in [0, 0.05) is 20.0 Å². The van der Waals surface area contributed by atoms with Crippen LogP contribution in [0.15, 0.2) is 0 Å². The highest BCUT2D eigenvalue weighted by atomic mass is 16.6. The number of amides is 1. The molecule has 0 rings (SSSR count). The van der Waals surface area contributed by atoms with Crippen LogP contribution >= 0.6 is 0 Å². The van der Waals surface area contributed by atoms with Gasteiger partial charge in [0.05, 0.1) is 18.2 Å². The Labute approximate surface area is 346 Å². The molecule has 0 unspecified atom stereocenters. The third-order valence-corrected chi connectivity index (χ3v) is 11.1. The standard InChI is InChI=1S/C48H93NO7/c1-8-10-12-14-16-18-20-22-24-26-28-30-32-34-36-38-44(50)54-40-43(49-46(52)48(5,6)56-42-47(3,4)53-7)41-55-45(51)39-37-35-33-31-29-27-25-23-21-19-17-15-13-11-9-2/h43H,8-42H2,1-7H3,(H,49,52). The fourth-order valence-electron chi connectivity index (χ4n) is 6.78. The Kier molecular flexibility index (Phi) is 36.5. The first-order valence-electron chi connectivity index (χ1n) is 23.8. The Morgan fingerprint density at radius 3 is 1.04 bits per heavy atom. The molecule has 0 saturated carbocycles. The van der Waals surface area contributed by atoms with Crippen molar-refractivity contribution >= 4 is 17.8 Å². The van der Waals surface area contributed by atoms with Gasteiger partial charge in [-0.25, -0.2) is 0 Å². The fraction of sp³-hybridized carbons (Fsp3) is 0.938. The largest absolute Gasteiger partial charge is 0.463 e. The summed E-state index contributed by atoms with van der Waals surface area (Å²) in [5, 5.41) is 2.91. The predicted molar refractivity (Wildman–Crippen MR) is 234 cm³/mol. The molecule has 0 spiro atoms. The van der Waals surface area contributed by atoms with E-state index in [1.807, 2.05) is 13.8 Å². The zero-order chi connectivity index (χ0) is 41.6. The van der Waals surface area contributed by atoms with Crippen molar-refractivity contribution in [2.24, 2.45) is 0 Å². The number of unbranched alkanes of at least 4 members (excludes halogenated alkanes) is 28. The summed E-state index contributed by atoms with van der Waals surface area (Å²) < 4.78 is 22.5. The molecule has 56 heavy (non-hydrogen) atoms. The summed E-state index contributed by atoms with van der Waals surface area (Å²) in [6.07, 6.45) is 38.8. The van der Waals surface area contributed by atoms with Crippen molar-refractivity contribution in [2.75, 3.05) is 26.9 Å². The monoisotopic (exact) mass is 796 g/mol. The van der Waals surface area contributed by atoms with Crippen molar-refractivity contribution in [1.82, 2.24) is 5.32 Å². The number of esters is 2. The zero-order valence-electron chi connectivity index (χ0n) is 38.2. The number of hydrogen-bond acceptors (Lipinski definition) is 7. The molecule has 8 nitrogen and oxygen atoms in total. The van der Waals surface area contributed by atoms with Crippen LogP contribution in [0.25, 0.3) is 0 Å². The van der Waals surface area contributed by atoms with Crippen molar-refractivity contribution < 1.29 is 33.3 Å². The second-order valence-electron chi connectivity index (χ2n) is 17.7. The third-order valence-electron chi connectivity index (χ3n) is 11.1. The number of methoxy groups -OCH3 is 1. The van der Waals surface area contributed by atoms with Crippen LogP contribution in [0.4, 0.5) is 0 Å². The lowest BCUT2D eigenvalue weighted by molar-refractivity contribution is -0.157. The highest BCUT2D eigenvalue weighted by molar-refractivity contribution is 5.84. The average Bonchev–Trinajstić information content (AvgIpc) is 3.18. The molecule has 1 amide bonds. The minimum atomic E-state index is -1.16. The molecule has 1 N–H and O–H groups in total. The van der Waals surface area contributed by atoms with Gasteiger partial charge in [0.15, 0.2) is 0 Å². The van der Waals surface area contributed by atoms with Crippen LogP contribution in [0.3, 0.4) is 0 Å². The molecule has 332 valence electrons. The van der Waals surface area contributed by atoms with Crippen LogP contribution in [0.1, 0.15) is 247 Å². The van der Waals surface area contributed by atoms with Gasteiger partial charge in [-0.1, -0.05) is 194 Å². The van der Waals surface area contributed by atoms with E-state index in [9.17, 15) is 14.4 Å². The number of hydrogen-bond donors (Lipinski definition) is 1. The summed E-state index contributed by atoms with van der Waals surface area (Å²) >= 11 is 0. The average molecular weight is 796 g/mol. The molecule has 0 aliphatic carbocycles. The Hall–Kier alpha value is -1.67. The summed E-state index contributed by atoms with van der Waals surface area (Å²) in [7, 11) is 1.61. The molecule has 0 heterocycles. The quantitative estimate of drug-likeness (QED) is 0.0485. The zero-order valence-corrected chi connectivity index (χ0v) is 38.2. The molecule has 0 fully saturated rings. The minimum Gasteiger partial charge on any atom is -0.463 e. The molecule has 0 aliphatic heterocycles. The maximum absolute atomic E-state index is 13.3. The molecule has 0 aromatic rings. The second kappa shape index (κ2) is 37.6. The van der Waals surface area contributed by atoms with Gasteiger partial charge >= 0.3 is 11.9 Å². The normalized spacial score (nSPS) is 12.0. The highest BCUT2D eigenvalue weighted by Crippen LogP contribution is 2.18. The van der Waals surface area contributed by atoms with Gasteiger partial charge in [0.2, 0.25) is 0 Å². The maximum Gasteiger partial charge on any atom is 0.305 e. The second-order valence-corrected chi connectivity index (χ2v) is 17.7. The van der Waals surface area contributed by atoms with Gasteiger partial charge in [-0.15, -0.1) is 0 Å². The van der Waals surface area contributed by atoms with Crippen LogP contribution in [-0.4, -0.2) is 62.0 Å². The van der Waals surface area contributed by atoms with Gasteiger partial charge in [-0.05, 0) is 40.5 Å². The van der Waals surface area contributed by atoms with Crippen LogP contribution in [0, 0.1) is 0 Å². The van der Waals surface area contributed by atoms with E-state index in [0.717, 1.165) is 38.5 Å². The van der Waals surface area contributed by atoms with Crippen LogP contribution in [0.2, 0.25) is 0 Å². The van der Waals surface area contributed by atoms with Crippen molar-refractivity contribution in [3.63, 3.8) is 0 Å². The summed E-state index contributed by atoms with van der Waals surface area (Å²) in [6.45, 7) is 11.8. The number of rotatable bonds is 42. The lowest BCUT2D eigenvalue weighted by Crippen LogP contribution is -2.52. The van der Waals surface area contributed by atoms with Crippen molar-refractivity contribution in [2.45, 2.75) is 264 Å². The summed E-state index contributed by atoms with van der Waals surface area (Å²) in [4.78, 5) is 38.5. The molecule has 0 radical (unpaired) electrons. The van der Waals surface area contributed by atoms with Crippen LogP contribution < -0.4 is 5.32 Å². The molecular formula is C48H93NO7. The number of carbonyl (C=O) groups is 3. The lowest BCUT2D eigenvalue weighted by Gasteiger charge is -2.31. The Morgan fingerprint density at radius 1 is 0.464 bits per heavy atom. The maximum atomic E-state index is 13.3. The third kappa shape index (κ3) is 35.5. The first-order chi connectivity index (χ1) is 27.0. The Bertz CT molecular complexity index is 871. The van der Waals surface area contributed by atoms with Gasteiger partial charge in [0.1, 0.15) is 18.8 Å². The molecule has 0 saturated heterocycles. The summed E-state index contributed by atoms with van der Waals surface area (Å²) in [5.74, 6) is -0.952. The van der Waals surface area contributed by atoms with Crippen molar-refractivity contribution in [1.29, 1.82) is 0 Å². The van der Waals surface area contributed by atoms with Gasteiger partial charge < -0.3 is 24.3 Å². The Balaban J connectivity index is 4.41. The number of ether oxygens (including phenoxy) is 4. The van der Waals surface area contributed by atoms with Gasteiger partial charge in [-0.3, -0.25) is 14.4 Å². The van der Waals surface area contributed by atoms with Gasteiger partial charge in [0.25, 0.3) is 5.91 Å².